The van der Waals surface area contributed by atoms with Gasteiger partial charge in [0.05, 0.1) is 11.5 Å². The highest BCUT2D eigenvalue weighted by Gasteiger charge is 2.61. The molecule has 2 nitrogen and oxygen atoms in total. The van der Waals surface area contributed by atoms with Gasteiger partial charge in [-0.05, 0) is 17.4 Å². The fourth-order valence-corrected chi connectivity index (χ4v) is 3.50. The Morgan fingerprint density at radius 2 is 1.54 bits per heavy atom. The monoisotopic (exact) mass is 478 g/mol. The first kappa shape index (κ1) is 23.3. The lowest BCUT2D eigenvalue weighted by Crippen LogP contribution is -2.15. The third-order valence-electron chi connectivity index (χ3n) is 4.74. The van der Waals surface area contributed by atoms with Gasteiger partial charge in [0.15, 0.2) is 23.3 Å². The van der Waals surface area contributed by atoms with E-state index in [9.17, 15) is 22.4 Å². The van der Waals surface area contributed by atoms with E-state index in [-0.39, 0.29) is 15.4 Å². The lowest BCUT2D eigenvalue weighted by Gasteiger charge is -2.12. The molecular formula is C18H14Cl4F4O2. The van der Waals surface area contributed by atoms with Crippen LogP contribution in [0.4, 0.5) is 17.6 Å². The van der Waals surface area contributed by atoms with Gasteiger partial charge in [0.25, 0.3) is 0 Å². The molecule has 0 aliphatic heterocycles. The summed E-state index contributed by atoms with van der Waals surface area (Å²) in [6.45, 7) is 2.52. The van der Waals surface area contributed by atoms with Crippen molar-refractivity contribution in [3.05, 3.63) is 55.5 Å². The van der Waals surface area contributed by atoms with Crippen LogP contribution >= 0.6 is 46.4 Å². The van der Waals surface area contributed by atoms with E-state index in [1.54, 1.807) is 13.8 Å². The molecule has 1 fully saturated rings. The largest absolute Gasteiger partial charge is 0.460 e. The van der Waals surface area contributed by atoms with Gasteiger partial charge in [-0.15, -0.1) is 0 Å². The maximum atomic E-state index is 14.2. The molecule has 0 heterocycles. The Morgan fingerprint density at radius 3 is 2.00 bits per heavy atom. The minimum atomic E-state index is -1.67. The SMILES string of the molecule is CC1(C)[C@@H](C=C(Cl)Cl)[C@@H]1C(=O)OCc1c(F)c(F)c(C/C(Cl)=C\Cl)c(F)c1F. The summed E-state index contributed by atoms with van der Waals surface area (Å²) in [4.78, 5) is 12.2. The summed E-state index contributed by atoms with van der Waals surface area (Å²) in [6, 6.07) is 0. The van der Waals surface area contributed by atoms with Crippen LogP contribution < -0.4 is 0 Å². The van der Waals surface area contributed by atoms with Gasteiger partial charge in [0, 0.05) is 22.6 Å². The summed E-state index contributed by atoms with van der Waals surface area (Å²) in [7, 11) is 0. The minimum Gasteiger partial charge on any atom is -0.460 e. The molecule has 0 N–H and O–H groups in total. The summed E-state index contributed by atoms with van der Waals surface area (Å²) in [6.07, 6.45) is 0.818. The lowest BCUT2D eigenvalue weighted by atomic mass is 10.1. The van der Waals surface area contributed by atoms with Crippen molar-refractivity contribution < 1.29 is 27.1 Å². The molecule has 0 amide bonds. The van der Waals surface area contributed by atoms with Gasteiger partial charge in [0.2, 0.25) is 0 Å². The van der Waals surface area contributed by atoms with Crippen LogP contribution in [0.5, 0.6) is 0 Å². The predicted octanol–water partition coefficient (Wildman–Crippen LogP) is 6.74. The molecule has 28 heavy (non-hydrogen) atoms. The number of hydrogen-bond acceptors (Lipinski definition) is 2. The number of carbonyl (C=O) groups is 1. The molecule has 0 spiro atoms. The molecule has 1 saturated carbocycles. The van der Waals surface area contributed by atoms with Crippen LogP contribution in [0.1, 0.15) is 25.0 Å². The number of ether oxygens (including phenoxy) is 1. The van der Waals surface area contributed by atoms with E-state index in [0.717, 1.165) is 5.54 Å². The summed E-state index contributed by atoms with van der Waals surface area (Å²) in [5.74, 6) is -8.40. The van der Waals surface area contributed by atoms with Gasteiger partial charge in [0.1, 0.15) is 11.1 Å². The molecule has 10 heteroatoms. The maximum Gasteiger partial charge on any atom is 0.310 e. The number of allylic oxidation sites excluding steroid dienone is 2. The molecule has 2 atom stereocenters. The van der Waals surface area contributed by atoms with Crippen molar-refractivity contribution in [1.29, 1.82) is 0 Å². The molecular weight excluding hydrogens is 466 g/mol. The van der Waals surface area contributed by atoms with Crippen molar-refractivity contribution >= 4 is 52.4 Å². The number of hydrogen-bond donors (Lipinski definition) is 0. The number of rotatable bonds is 6. The standard InChI is InChI=1S/C18H14Cl4F4O2/c1-18(2)10(4-11(21)22)12(18)17(27)28-6-9-15(25)13(23)8(3-7(20)5-19)14(24)16(9)26/h4-5,10,12H,3,6H2,1-2H3/b7-5+/t10-,12+/m0/s1. The highest BCUT2D eigenvalue weighted by atomic mass is 35.5. The number of halogens is 8. The van der Waals surface area contributed by atoms with Gasteiger partial charge in [-0.25, -0.2) is 17.6 Å². The fraction of sp³-hybridized carbons (Fsp3) is 0.389. The second-order valence-electron chi connectivity index (χ2n) is 6.83. The Hall–Kier alpha value is -0.950. The van der Waals surface area contributed by atoms with E-state index in [1.165, 1.54) is 6.08 Å². The zero-order chi connectivity index (χ0) is 21.4. The maximum absolute atomic E-state index is 14.2. The Kier molecular flexibility index (Phi) is 7.35. The van der Waals surface area contributed by atoms with Crippen molar-refractivity contribution in [3.8, 4) is 0 Å². The topological polar surface area (TPSA) is 26.3 Å². The first-order chi connectivity index (χ1) is 12.9. The van der Waals surface area contributed by atoms with E-state index in [1.807, 2.05) is 0 Å². The predicted molar refractivity (Wildman–Crippen MR) is 100 cm³/mol. The van der Waals surface area contributed by atoms with Gasteiger partial charge >= 0.3 is 5.97 Å². The van der Waals surface area contributed by atoms with Crippen molar-refractivity contribution in [1.82, 2.24) is 0 Å². The van der Waals surface area contributed by atoms with E-state index in [0.29, 0.717) is 0 Å². The quantitative estimate of drug-likeness (QED) is 0.256. The summed E-state index contributed by atoms with van der Waals surface area (Å²) in [5.41, 5.74) is -1.67. The van der Waals surface area contributed by atoms with Crippen molar-refractivity contribution in [2.45, 2.75) is 26.9 Å². The molecule has 1 aliphatic carbocycles. The van der Waals surface area contributed by atoms with Gasteiger partial charge in [-0.1, -0.05) is 60.3 Å². The highest BCUT2D eigenvalue weighted by molar-refractivity contribution is 6.55. The first-order valence-corrected chi connectivity index (χ1v) is 9.48. The van der Waals surface area contributed by atoms with Crippen LogP contribution in [0, 0.1) is 40.5 Å². The Labute approximate surface area is 179 Å². The lowest BCUT2D eigenvalue weighted by molar-refractivity contribution is -0.147. The molecule has 0 radical (unpaired) electrons. The molecule has 1 aromatic carbocycles. The van der Waals surface area contributed by atoms with Crippen LogP contribution in [0.25, 0.3) is 0 Å². The molecule has 2 rings (SSSR count). The number of benzene rings is 1. The molecule has 1 aromatic rings. The van der Waals surface area contributed by atoms with E-state index in [2.05, 4.69) is 0 Å². The van der Waals surface area contributed by atoms with Crippen molar-refractivity contribution in [3.63, 3.8) is 0 Å². The normalized spacial score (nSPS) is 20.7. The van der Waals surface area contributed by atoms with Gasteiger partial charge in [-0.3, -0.25) is 4.79 Å². The van der Waals surface area contributed by atoms with Gasteiger partial charge < -0.3 is 4.74 Å². The van der Waals surface area contributed by atoms with Crippen molar-refractivity contribution in [2.75, 3.05) is 0 Å². The second-order valence-corrected chi connectivity index (χ2v) is 8.55. The number of carbonyl (C=O) groups excluding carboxylic acids is 1. The minimum absolute atomic E-state index is 0.0325. The third kappa shape index (κ3) is 4.61. The smallest absolute Gasteiger partial charge is 0.310 e. The molecule has 154 valence electrons. The zero-order valence-corrected chi connectivity index (χ0v) is 17.6. The third-order valence-corrected chi connectivity index (χ3v) is 5.61. The van der Waals surface area contributed by atoms with Crippen LogP contribution in [0.3, 0.4) is 0 Å². The highest BCUT2D eigenvalue weighted by Crippen LogP contribution is 2.60. The average molecular weight is 480 g/mol. The number of esters is 1. The summed E-state index contributed by atoms with van der Waals surface area (Å²) in [5, 5.41) is -0.217. The summed E-state index contributed by atoms with van der Waals surface area (Å²) < 4.78 is 61.5. The Morgan fingerprint density at radius 1 is 1.04 bits per heavy atom. The first-order valence-electron chi connectivity index (χ1n) is 7.91. The van der Waals surface area contributed by atoms with E-state index in [4.69, 9.17) is 51.1 Å². The van der Waals surface area contributed by atoms with Crippen molar-refractivity contribution in [2.24, 2.45) is 17.3 Å². The molecule has 0 saturated heterocycles. The Bertz CT molecular complexity index is 835. The second kappa shape index (κ2) is 8.82. The molecule has 0 aromatic heterocycles. The Balaban J connectivity index is 2.22. The molecule has 0 unspecified atom stereocenters. The van der Waals surface area contributed by atoms with E-state index < -0.39 is 64.7 Å². The van der Waals surface area contributed by atoms with Crippen LogP contribution in [0.2, 0.25) is 0 Å². The van der Waals surface area contributed by atoms with Crippen LogP contribution in [0.15, 0.2) is 21.1 Å². The van der Waals surface area contributed by atoms with Gasteiger partial charge in [-0.2, -0.15) is 0 Å². The molecule has 1 aliphatic rings. The molecule has 0 bridgehead atoms. The van der Waals surface area contributed by atoms with Crippen LogP contribution in [-0.2, 0) is 22.6 Å². The average Bonchev–Trinajstić information content (AvgIpc) is 3.15. The zero-order valence-electron chi connectivity index (χ0n) is 14.6. The fourth-order valence-electron chi connectivity index (χ4n) is 3.02. The van der Waals surface area contributed by atoms with Crippen LogP contribution in [-0.4, -0.2) is 5.97 Å². The summed E-state index contributed by atoms with van der Waals surface area (Å²) >= 11 is 22.0. The van der Waals surface area contributed by atoms with E-state index >= 15 is 0 Å².